The van der Waals surface area contributed by atoms with Gasteiger partial charge in [-0.05, 0) is 37.2 Å². The number of rotatable bonds is 4. The van der Waals surface area contributed by atoms with Crippen molar-refractivity contribution in [1.82, 2.24) is 20.6 Å². The standard InChI is InChI=1S/C18H16N6OS/c19-9-12-2-1-3-14-16(12)26-18(23-14)24-15-8-11(4-7-21-15)17(25)22-13-5-6-20-10-13/h1-4,7-8,13,20H,5-6,10H2,(H,22,25)(H,21,23,24). The van der Waals surface area contributed by atoms with Crippen LogP contribution < -0.4 is 16.0 Å². The number of pyridine rings is 1. The number of amides is 1. The molecule has 130 valence electrons. The van der Waals surface area contributed by atoms with Gasteiger partial charge in [-0.2, -0.15) is 5.26 Å². The molecule has 0 spiro atoms. The highest BCUT2D eigenvalue weighted by molar-refractivity contribution is 7.22. The highest BCUT2D eigenvalue weighted by Gasteiger charge is 2.18. The summed E-state index contributed by atoms with van der Waals surface area (Å²) in [4.78, 5) is 21.1. The molecular weight excluding hydrogens is 348 g/mol. The molecule has 1 unspecified atom stereocenters. The number of aromatic nitrogens is 2. The lowest BCUT2D eigenvalue weighted by Gasteiger charge is -2.11. The number of thiazole rings is 1. The minimum Gasteiger partial charge on any atom is -0.348 e. The van der Waals surface area contributed by atoms with Gasteiger partial charge in [-0.1, -0.05) is 17.4 Å². The Morgan fingerprint density at radius 2 is 2.31 bits per heavy atom. The molecule has 1 atom stereocenters. The fraction of sp³-hybridized carbons (Fsp3) is 0.222. The molecule has 3 N–H and O–H groups in total. The number of carbonyl (C=O) groups excluding carboxylic acids is 1. The van der Waals surface area contributed by atoms with Gasteiger partial charge in [0, 0.05) is 24.3 Å². The van der Waals surface area contributed by atoms with Crippen molar-refractivity contribution in [1.29, 1.82) is 5.26 Å². The summed E-state index contributed by atoms with van der Waals surface area (Å²) in [5.74, 6) is 0.431. The second kappa shape index (κ2) is 7.07. The molecule has 1 fully saturated rings. The third-order valence-electron chi connectivity index (χ3n) is 4.19. The first kappa shape index (κ1) is 16.4. The van der Waals surface area contributed by atoms with Gasteiger partial charge in [0.05, 0.1) is 15.8 Å². The Morgan fingerprint density at radius 3 is 3.12 bits per heavy atom. The van der Waals surface area contributed by atoms with Crippen LogP contribution in [0.3, 0.4) is 0 Å². The lowest BCUT2D eigenvalue weighted by molar-refractivity contribution is 0.0940. The Balaban J connectivity index is 1.53. The Bertz CT molecular complexity index is 1000. The number of nitrogens with zero attached hydrogens (tertiary/aromatic N) is 3. The van der Waals surface area contributed by atoms with Crippen molar-refractivity contribution in [2.75, 3.05) is 18.4 Å². The van der Waals surface area contributed by atoms with E-state index in [0.717, 1.165) is 29.7 Å². The van der Waals surface area contributed by atoms with Gasteiger partial charge in [0.15, 0.2) is 5.13 Å². The largest absolute Gasteiger partial charge is 0.348 e. The van der Waals surface area contributed by atoms with Crippen LogP contribution >= 0.6 is 11.3 Å². The van der Waals surface area contributed by atoms with Gasteiger partial charge in [-0.15, -0.1) is 0 Å². The molecule has 3 aromatic rings. The molecule has 0 aliphatic carbocycles. The number of hydrogen-bond donors (Lipinski definition) is 3. The SMILES string of the molecule is N#Cc1cccc2nc(Nc3cc(C(=O)NC4CCNC4)ccn3)sc12. The number of hydrogen-bond acceptors (Lipinski definition) is 7. The van der Waals surface area contributed by atoms with Crippen molar-refractivity contribution >= 4 is 38.4 Å². The smallest absolute Gasteiger partial charge is 0.251 e. The quantitative estimate of drug-likeness (QED) is 0.657. The zero-order chi connectivity index (χ0) is 17.9. The molecule has 0 radical (unpaired) electrons. The predicted molar refractivity (Wildman–Crippen MR) is 101 cm³/mol. The van der Waals surface area contributed by atoms with E-state index in [-0.39, 0.29) is 11.9 Å². The van der Waals surface area contributed by atoms with Gasteiger partial charge in [0.25, 0.3) is 5.91 Å². The lowest BCUT2D eigenvalue weighted by Crippen LogP contribution is -2.36. The Hall–Kier alpha value is -3.02. The van der Waals surface area contributed by atoms with Gasteiger partial charge in [-0.3, -0.25) is 4.79 Å². The van der Waals surface area contributed by atoms with Crippen LogP contribution in [0.5, 0.6) is 0 Å². The first-order chi connectivity index (χ1) is 12.7. The highest BCUT2D eigenvalue weighted by Crippen LogP contribution is 2.30. The van der Waals surface area contributed by atoms with Crippen LogP contribution in [0.4, 0.5) is 10.9 Å². The third-order valence-corrected chi connectivity index (χ3v) is 5.21. The summed E-state index contributed by atoms with van der Waals surface area (Å²) in [5.41, 5.74) is 1.91. The molecule has 1 saturated heterocycles. The summed E-state index contributed by atoms with van der Waals surface area (Å²) in [6.07, 6.45) is 2.53. The minimum atomic E-state index is -0.111. The van der Waals surface area contributed by atoms with Gasteiger partial charge < -0.3 is 16.0 Å². The lowest BCUT2D eigenvalue weighted by atomic mass is 10.2. The fourth-order valence-electron chi connectivity index (χ4n) is 2.89. The van der Waals surface area contributed by atoms with E-state index < -0.39 is 0 Å². The topological polar surface area (TPSA) is 103 Å². The molecule has 1 amide bonds. The van der Waals surface area contributed by atoms with Crippen LogP contribution in [0.25, 0.3) is 10.2 Å². The molecule has 1 aliphatic rings. The van der Waals surface area contributed by atoms with E-state index in [2.05, 4.69) is 32.0 Å². The molecule has 0 bridgehead atoms. The van der Waals surface area contributed by atoms with E-state index in [4.69, 9.17) is 0 Å². The molecule has 1 aromatic carbocycles. The van der Waals surface area contributed by atoms with E-state index in [1.165, 1.54) is 11.3 Å². The number of nitriles is 1. The van der Waals surface area contributed by atoms with Crippen molar-refractivity contribution in [3.63, 3.8) is 0 Å². The molecule has 4 rings (SSSR count). The van der Waals surface area contributed by atoms with E-state index in [1.54, 1.807) is 24.4 Å². The maximum atomic E-state index is 12.4. The maximum Gasteiger partial charge on any atom is 0.251 e. The Kier molecular flexibility index (Phi) is 4.48. The average molecular weight is 364 g/mol. The number of benzene rings is 1. The molecule has 2 aromatic heterocycles. The van der Waals surface area contributed by atoms with Crippen molar-refractivity contribution < 1.29 is 4.79 Å². The summed E-state index contributed by atoms with van der Waals surface area (Å²) >= 11 is 1.39. The van der Waals surface area contributed by atoms with E-state index in [1.807, 2.05) is 12.1 Å². The number of carbonyl (C=O) groups is 1. The van der Waals surface area contributed by atoms with Crippen molar-refractivity contribution in [2.45, 2.75) is 12.5 Å². The molecule has 3 heterocycles. The van der Waals surface area contributed by atoms with Crippen LogP contribution in [-0.2, 0) is 0 Å². The number of fused-ring (bicyclic) bond motifs is 1. The van der Waals surface area contributed by atoms with Crippen LogP contribution in [0.15, 0.2) is 36.5 Å². The first-order valence-electron chi connectivity index (χ1n) is 8.27. The molecule has 8 heteroatoms. The monoisotopic (exact) mass is 364 g/mol. The molecular formula is C18H16N6OS. The molecule has 26 heavy (non-hydrogen) atoms. The summed E-state index contributed by atoms with van der Waals surface area (Å²) < 4.78 is 0.833. The second-order valence-corrected chi connectivity index (χ2v) is 7.00. The van der Waals surface area contributed by atoms with E-state index >= 15 is 0 Å². The average Bonchev–Trinajstić information content (AvgIpc) is 3.30. The normalized spacial score (nSPS) is 16.3. The Morgan fingerprint density at radius 1 is 1.38 bits per heavy atom. The van der Waals surface area contributed by atoms with Crippen molar-refractivity contribution in [3.05, 3.63) is 47.7 Å². The van der Waals surface area contributed by atoms with Crippen molar-refractivity contribution in [2.24, 2.45) is 0 Å². The maximum absolute atomic E-state index is 12.4. The molecule has 1 aliphatic heterocycles. The highest BCUT2D eigenvalue weighted by atomic mass is 32.1. The second-order valence-electron chi connectivity index (χ2n) is 6.00. The summed E-state index contributed by atoms with van der Waals surface area (Å²) in [6, 6.07) is 11.2. The van der Waals surface area contributed by atoms with E-state index in [0.29, 0.717) is 22.1 Å². The summed E-state index contributed by atoms with van der Waals surface area (Å²) in [7, 11) is 0. The van der Waals surface area contributed by atoms with Gasteiger partial charge in [0.1, 0.15) is 11.9 Å². The predicted octanol–water partition coefficient (Wildman–Crippen LogP) is 2.40. The van der Waals surface area contributed by atoms with E-state index in [9.17, 15) is 10.1 Å². The summed E-state index contributed by atoms with van der Waals surface area (Å²) in [5, 5.41) is 19.2. The zero-order valence-corrected chi connectivity index (χ0v) is 14.6. The third kappa shape index (κ3) is 3.35. The van der Waals surface area contributed by atoms with Gasteiger partial charge in [0.2, 0.25) is 0 Å². The van der Waals surface area contributed by atoms with Crippen LogP contribution in [0.2, 0.25) is 0 Å². The molecule has 7 nitrogen and oxygen atoms in total. The zero-order valence-electron chi connectivity index (χ0n) is 13.8. The van der Waals surface area contributed by atoms with Gasteiger partial charge >= 0.3 is 0 Å². The van der Waals surface area contributed by atoms with Crippen LogP contribution in [0.1, 0.15) is 22.3 Å². The Labute approximate surface area is 154 Å². The van der Waals surface area contributed by atoms with Crippen molar-refractivity contribution in [3.8, 4) is 6.07 Å². The number of nitrogens with one attached hydrogen (secondary N) is 3. The van der Waals surface area contributed by atoms with Crippen LogP contribution in [-0.4, -0.2) is 35.0 Å². The molecule has 0 saturated carbocycles. The minimum absolute atomic E-state index is 0.111. The first-order valence-corrected chi connectivity index (χ1v) is 9.09. The summed E-state index contributed by atoms with van der Waals surface area (Å²) in [6.45, 7) is 1.73. The fourth-order valence-corrected chi connectivity index (χ4v) is 3.82. The van der Waals surface area contributed by atoms with Crippen LogP contribution in [0, 0.1) is 11.3 Å². The number of anilines is 2. The van der Waals surface area contributed by atoms with Gasteiger partial charge in [-0.25, -0.2) is 9.97 Å².